The zero-order valence-corrected chi connectivity index (χ0v) is 12.9. The Balaban J connectivity index is 2.07. The number of hydrogen-bond donors (Lipinski definition) is 1. The van der Waals surface area contributed by atoms with Gasteiger partial charge in [-0.2, -0.15) is 0 Å². The Labute approximate surface area is 122 Å². The fourth-order valence-corrected chi connectivity index (χ4v) is 2.89. The number of carbonyl (C=O) groups excluding carboxylic acids is 1. The van der Waals surface area contributed by atoms with Gasteiger partial charge in [-0.05, 0) is 30.0 Å². The second kappa shape index (κ2) is 6.89. The first-order chi connectivity index (χ1) is 9.63. The van der Waals surface area contributed by atoms with Crippen LogP contribution in [0.15, 0.2) is 24.3 Å². The van der Waals surface area contributed by atoms with Gasteiger partial charge < -0.3 is 10.2 Å². The van der Waals surface area contributed by atoms with Crippen molar-refractivity contribution in [1.29, 1.82) is 0 Å². The largest absolute Gasteiger partial charge is 0.340 e. The number of nitrogens with one attached hydrogen (secondary N) is 1. The van der Waals surface area contributed by atoms with E-state index in [1.165, 1.54) is 11.1 Å². The summed E-state index contributed by atoms with van der Waals surface area (Å²) in [6, 6.07) is 8.99. The van der Waals surface area contributed by atoms with E-state index >= 15 is 0 Å². The third-order valence-corrected chi connectivity index (χ3v) is 4.05. The van der Waals surface area contributed by atoms with Crippen LogP contribution in [0.5, 0.6) is 0 Å². The number of rotatable bonds is 6. The lowest BCUT2D eigenvalue weighted by Gasteiger charge is -2.25. The van der Waals surface area contributed by atoms with Gasteiger partial charge in [0, 0.05) is 25.6 Å². The molecule has 1 N–H and O–H groups in total. The summed E-state index contributed by atoms with van der Waals surface area (Å²) < 4.78 is 0. The van der Waals surface area contributed by atoms with E-state index in [0.717, 1.165) is 26.1 Å². The van der Waals surface area contributed by atoms with Crippen LogP contribution in [-0.4, -0.2) is 30.4 Å². The maximum Gasteiger partial charge on any atom is 0.222 e. The molecule has 110 valence electrons. The van der Waals surface area contributed by atoms with Gasteiger partial charge >= 0.3 is 0 Å². The van der Waals surface area contributed by atoms with Crippen LogP contribution in [-0.2, 0) is 11.2 Å². The van der Waals surface area contributed by atoms with Crippen LogP contribution in [0.3, 0.4) is 0 Å². The Hall–Kier alpha value is -1.35. The highest BCUT2D eigenvalue weighted by Gasteiger charge is 2.28. The molecule has 2 rings (SSSR count). The van der Waals surface area contributed by atoms with Crippen molar-refractivity contribution in [2.24, 2.45) is 5.92 Å². The highest BCUT2D eigenvalue weighted by Crippen LogP contribution is 2.22. The first kappa shape index (κ1) is 15.0. The van der Waals surface area contributed by atoms with Crippen molar-refractivity contribution in [3.63, 3.8) is 0 Å². The van der Waals surface area contributed by atoms with Crippen LogP contribution in [0.1, 0.15) is 44.4 Å². The molecule has 2 atom stereocenters. The normalized spacial score (nSPS) is 20.4. The fourth-order valence-electron chi connectivity index (χ4n) is 2.89. The molecule has 1 aromatic rings. The molecule has 1 aromatic carbocycles. The lowest BCUT2D eigenvalue weighted by Crippen LogP contribution is -2.36. The third kappa shape index (κ3) is 3.60. The van der Waals surface area contributed by atoms with Gasteiger partial charge in [-0.1, -0.05) is 45.0 Å². The van der Waals surface area contributed by atoms with Crippen molar-refractivity contribution in [1.82, 2.24) is 10.2 Å². The minimum atomic E-state index is 0.236. The van der Waals surface area contributed by atoms with Crippen LogP contribution in [0.4, 0.5) is 0 Å². The van der Waals surface area contributed by atoms with Crippen molar-refractivity contribution in [3.8, 4) is 0 Å². The standard InChI is InChI=1S/C17H26N2O/c1-4-14-6-8-15(9-7-14)16(18-5-2)12-19-11-13(3)10-17(19)20/h6-9,13,16,18H,4-5,10-12H2,1-3H3. The molecule has 2 unspecified atom stereocenters. The lowest BCUT2D eigenvalue weighted by molar-refractivity contribution is -0.128. The lowest BCUT2D eigenvalue weighted by atomic mass is 10.0. The van der Waals surface area contributed by atoms with Crippen molar-refractivity contribution in [3.05, 3.63) is 35.4 Å². The van der Waals surface area contributed by atoms with Crippen LogP contribution >= 0.6 is 0 Å². The minimum Gasteiger partial charge on any atom is -0.340 e. The second-order valence-corrected chi connectivity index (χ2v) is 5.81. The zero-order chi connectivity index (χ0) is 14.5. The molecule has 1 heterocycles. The number of hydrogen-bond acceptors (Lipinski definition) is 2. The maximum absolute atomic E-state index is 12.0. The van der Waals surface area contributed by atoms with E-state index in [1.54, 1.807) is 0 Å². The number of benzene rings is 1. The van der Waals surface area contributed by atoms with Crippen molar-refractivity contribution < 1.29 is 4.79 Å². The van der Waals surface area contributed by atoms with Gasteiger partial charge in [0.15, 0.2) is 0 Å². The smallest absolute Gasteiger partial charge is 0.222 e. The van der Waals surface area contributed by atoms with E-state index in [9.17, 15) is 4.79 Å². The van der Waals surface area contributed by atoms with Gasteiger partial charge in [-0.25, -0.2) is 0 Å². The molecule has 3 heteroatoms. The number of likely N-dealkylation sites (tertiary alicyclic amines) is 1. The topological polar surface area (TPSA) is 32.3 Å². The Morgan fingerprint density at radius 2 is 2.00 bits per heavy atom. The highest BCUT2D eigenvalue weighted by atomic mass is 16.2. The average molecular weight is 274 g/mol. The molecule has 1 aliphatic rings. The number of amides is 1. The Bertz CT molecular complexity index is 441. The summed E-state index contributed by atoms with van der Waals surface area (Å²) >= 11 is 0. The van der Waals surface area contributed by atoms with Crippen LogP contribution in [0, 0.1) is 5.92 Å². The van der Waals surface area contributed by atoms with E-state index < -0.39 is 0 Å². The Morgan fingerprint density at radius 1 is 1.30 bits per heavy atom. The van der Waals surface area contributed by atoms with Gasteiger partial charge in [0.25, 0.3) is 0 Å². The maximum atomic E-state index is 12.0. The van der Waals surface area contributed by atoms with Crippen LogP contribution in [0.2, 0.25) is 0 Å². The molecule has 0 spiro atoms. The summed E-state index contributed by atoms with van der Waals surface area (Å²) in [5, 5.41) is 3.50. The molecule has 1 saturated heterocycles. The van der Waals surface area contributed by atoms with E-state index in [1.807, 2.05) is 4.90 Å². The molecule has 20 heavy (non-hydrogen) atoms. The predicted molar refractivity (Wildman–Crippen MR) is 82.6 cm³/mol. The average Bonchev–Trinajstić information content (AvgIpc) is 2.76. The number of nitrogens with zero attached hydrogens (tertiary/aromatic N) is 1. The van der Waals surface area contributed by atoms with Crippen molar-refractivity contribution in [2.75, 3.05) is 19.6 Å². The van der Waals surface area contributed by atoms with Gasteiger partial charge in [0.1, 0.15) is 0 Å². The molecular weight excluding hydrogens is 248 g/mol. The van der Waals surface area contributed by atoms with E-state index in [2.05, 4.69) is 50.4 Å². The van der Waals surface area contributed by atoms with Crippen LogP contribution in [0.25, 0.3) is 0 Å². The first-order valence-corrected chi connectivity index (χ1v) is 7.74. The zero-order valence-electron chi connectivity index (χ0n) is 12.9. The van der Waals surface area contributed by atoms with Gasteiger partial charge in [0.2, 0.25) is 5.91 Å². The summed E-state index contributed by atoms with van der Waals surface area (Å²) in [6.07, 6.45) is 1.77. The second-order valence-electron chi connectivity index (χ2n) is 5.81. The number of aryl methyl sites for hydroxylation is 1. The van der Waals surface area contributed by atoms with Crippen molar-refractivity contribution in [2.45, 2.75) is 39.7 Å². The summed E-state index contributed by atoms with van der Waals surface area (Å²) in [7, 11) is 0. The molecule has 0 bridgehead atoms. The molecule has 0 aliphatic carbocycles. The molecule has 0 saturated carbocycles. The summed E-state index contributed by atoms with van der Waals surface area (Å²) in [5.41, 5.74) is 2.63. The Kier molecular flexibility index (Phi) is 5.18. The highest BCUT2D eigenvalue weighted by molar-refractivity contribution is 5.78. The van der Waals surface area contributed by atoms with E-state index in [0.29, 0.717) is 18.2 Å². The van der Waals surface area contributed by atoms with Gasteiger partial charge in [-0.15, -0.1) is 0 Å². The number of likely N-dealkylation sites (N-methyl/N-ethyl adjacent to an activating group) is 1. The predicted octanol–water partition coefficient (Wildman–Crippen LogP) is 2.77. The molecule has 0 radical (unpaired) electrons. The van der Waals surface area contributed by atoms with Gasteiger partial charge in [0.05, 0.1) is 0 Å². The molecule has 0 aromatic heterocycles. The minimum absolute atomic E-state index is 0.236. The molecular formula is C17H26N2O. The quantitative estimate of drug-likeness (QED) is 0.865. The molecule has 1 fully saturated rings. The third-order valence-electron chi connectivity index (χ3n) is 4.05. The summed E-state index contributed by atoms with van der Waals surface area (Å²) in [4.78, 5) is 14.0. The fraction of sp³-hybridized carbons (Fsp3) is 0.588. The van der Waals surface area contributed by atoms with Crippen LogP contribution < -0.4 is 5.32 Å². The summed E-state index contributed by atoms with van der Waals surface area (Å²) in [6.45, 7) is 9.02. The Morgan fingerprint density at radius 3 is 2.50 bits per heavy atom. The molecule has 3 nitrogen and oxygen atoms in total. The first-order valence-electron chi connectivity index (χ1n) is 7.74. The number of carbonyl (C=O) groups is 1. The SMILES string of the molecule is CCNC(CN1CC(C)CC1=O)c1ccc(CC)cc1. The van der Waals surface area contributed by atoms with Gasteiger partial charge in [-0.3, -0.25) is 4.79 Å². The summed E-state index contributed by atoms with van der Waals surface area (Å²) in [5.74, 6) is 0.790. The van der Waals surface area contributed by atoms with E-state index in [4.69, 9.17) is 0 Å². The van der Waals surface area contributed by atoms with Crippen molar-refractivity contribution >= 4 is 5.91 Å². The molecule has 1 aliphatic heterocycles. The van der Waals surface area contributed by atoms with E-state index in [-0.39, 0.29) is 6.04 Å². The monoisotopic (exact) mass is 274 g/mol. The molecule has 1 amide bonds.